The zero-order valence-corrected chi connectivity index (χ0v) is 11.1. The second-order valence-corrected chi connectivity index (χ2v) is 4.94. The molecule has 1 unspecified atom stereocenters. The molecular weight excluding hydrogens is 214 g/mol. The number of nitrogens with zero attached hydrogens (tertiary/aromatic N) is 1. The molecule has 1 fully saturated rings. The van der Waals surface area contributed by atoms with Gasteiger partial charge in [-0.15, -0.1) is 0 Å². The van der Waals surface area contributed by atoms with Crippen LogP contribution >= 0.6 is 0 Å². The van der Waals surface area contributed by atoms with Gasteiger partial charge in [0.05, 0.1) is 6.04 Å². The lowest BCUT2D eigenvalue weighted by Crippen LogP contribution is -2.44. The largest absolute Gasteiger partial charge is 0.353 e. The lowest BCUT2D eigenvalue weighted by Gasteiger charge is -2.26. The molecule has 0 saturated carbocycles. The number of hydrogen-bond acceptors (Lipinski definition) is 3. The molecule has 1 aliphatic heterocycles. The van der Waals surface area contributed by atoms with Crippen molar-refractivity contribution in [3.8, 4) is 0 Å². The van der Waals surface area contributed by atoms with Crippen LogP contribution in [0.1, 0.15) is 45.4 Å². The van der Waals surface area contributed by atoms with Crippen molar-refractivity contribution in [3.63, 3.8) is 0 Å². The molecule has 0 aliphatic carbocycles. The van der Waals surface area contributed by atoms with Gasteiger partial charge in [-0.05, 0) is 32.4 Å². The van der Waals surface area contributed by atoms with E-state index in [1.54, 1.807) is 0 Å². The zero-order chi connectivity index (χ0) is 12.5. The lowest BCUT2D eigenvalue weighted by molar-refractivity contribution is -0.122. The van der Waals surface area contributed by atoms with E-state index in [1.807, 2.05) is 0 Å². The number of unbranched alkanes of at least 4 members (excludes halogenated alkanes) is 1. The highest BCUT2D eigenvalue weighted by atomic mass is 16.2. The topological polar surface area (TPSA) is 58.4 Å². The summed E-state index contributed by atoms with van der Waals surface area (Å²) in [6.07, 6.45) is 6.86. The maximum atomic E-state index is 11.6. The van der Waals surface area contributed by atoms with Gasteiger partial charge in [0.25, 0.3) is 0 Å². The van der Waals surface area contributed by atoms with Crippen LogP contribution in [0, 0.1) is 0 Å². The summed E-state index contributed by atoms with van der Waals surface area (Å²) in [5, 5.41) is 2.93. The molecule has 0 bridgehead atoms. The maximum absolute atomic E-state index is 11.6. The SMILES string of the molecule is CCCCC(N)C(=O)NCCN1CCCCC1. The van der Waals surface area contributed by atoms with Crippen molar-refractivity contribution in [2.24, 2.45) is 5.73 Å². The molecule has 1 rings (SSSR count). The van der Waals surface area contributed by atoms with Crippen molar-refractivity contribution in [2.75, 3.05) is 26.2 Å². The highest BCUT2D eigenvalue weighted by molar-refractivity contribution is 5.81. The van der Waals surface area contributed by atoms with Crippen LogP contribution in [0.4, 0.5) is 0 Å². The van der Waals surface area contributed by atoms with Gasteiger partial charge >= 0.3 is 0 Å². The maximum Gasteiger partial charge on any atom is 0.236 e. The summed E-state index contributed by atoms with van der Waals surface area (Å²) in [7, 11) is 0. The molecular formula is C13H27N3O. The van der Waals surface area contributed by atoms with Crippen molar-refractivity contribution in [1.29, 1.82) is 0 Å². The molecule has 0 radical (unpaired) electrons. The number of amides is 1. The third-order valence-electron chi connectivity index (χ3n) is 3.38. The Balaban J connectivity index is 2.06. The third-order valence-corrected chi connectivity index (χ3v) is 3.38. The van der Waals surface area contributed by atoms with Crippen molar-refractivity contribution < 1.29 is 4.79 Å². The molecule has 0 aromatic heterocycles. The summed E-state index contributed by atoms with van der Waals surface area (Å²) in [5.41, 5.74) is 5.80. The molecule has 100 valence electrons. The fraction of sp³-hybridized carbons (Fsp3) is 0.923. The fourth-order valence-corrected chi connectivity index (χ4v) is 2.21. The Hall–Kier alpha value is -0.610. The molecule has 0 spiro atoms. The zero-order valence-electron chi connectivity index (χ0n) is 11.1. The van der Waals surface area contributed by atoms with Gasteiger partial charge < -0.3 is 16.0 Å². The first-order valence-electron chi connectivity index (χ1n) is 6.99. The Labute approximate surface area is 105 Å². The predicted octanol–water partition coefficient (Wildman–Crippen LogP) is 1.11. The van der Waals surface area contributed by atoms with E-state index in [2.05, 4.69) is 17.1 Å². The van der Waals surface area contributed by atoms with Crippen LogP contribution in [0.25, 0.3) is 0 Å². The Morgan fingerprint density at radius 2 is 2.06 bits per heavy atom. The molecule has 1 saturated heterocycles. The minimum atomic E-state index is -0.323. The van der Waals surface area contributed by atoms with Crippen LogP contribution in [0.15, 0.2) is 0 Å². The quantitative estimate of drug-likeness (QED) is 0.702. The first-order valence-corrected chi connectivity index (χ1v) is 6.99. The van der Waals surface area contributed by atoms with Crippen molar-refractivity contribution in [1.82, 2.24) is 10.2 Å². The third kappa shape index (κ3) is 6.03. The molecule has 4 heteroatoms. The van der Waals surface area contributed by atoms with Gasteiger partial charge in [-0.25, -0.2) is 0 Å². The lowest BCUT2D eigenvalue weighted by atomic mass is 10.1. The van der Waals surface area contributed by atoms with Crippen molar-refractivity contribution in [3.05, 3.63) is 0 Å². The molecule has 0 aromatic rings. The van der Waals surface area contributed by atoms with Crippen LogP contribution in [0.3, 0.4) is 0 Å². The Kier molecular flexibility index (Phi) is 7.21. The highest BCUT2D eigenvalue weighted by Gasteiger charge is 2.13. The first kappa shape index (κ1) is 14.5. The average molecular weight is 241 g/mol. The second kappa shape index (κ2) is 8.48. The Morgan fingerprint density at radius 3 is 2.71 bits per heavy atom. The van der Waals surface area contributed by atoms with E-state index >= 15 is 0 Å². The molecule has 1 heterocycles. The van der Waals surface area contributed by atoms with E-state index in [1.165, 1.54) is 32.4 Å². The number of nitrogens with two attached hydrogens (primary N) is 1. The first-order chi connectivity index (χ1) is 8.24. The smallest absolute Gasteiger partial charge is 0.236 e. The Morgan fingerprint density at radius 1 is 1.35 bits per heavy atom. The summed E-state index contributed by atoms with van der Waals surface area (Å²) >= 11 is 0. The number of carbonyl (C=O) groups excluding carboxylic acids is 1. The second-order valence-electron chi connectivity index (χ2n) is 4.94. The summed E-state index contributed by atoms with van der Waals surface area (Å²) in [6.45, 7) is 6.17. The summed E-state index contributed by atoms with van der Waals surface area (Å²) in [5.74, 6) is 0.00968. The van der Waals surface area contributed by atoms with Crippen LogP contribution in [0.2, 0.25) is 0 Å². The molecule has 4 nitrogen and oxygen atoms in total. The van der Waals surface area contributed by atoms with E-state index in [0.29, 0.717) is 0 Å². The minimum absolute atomic E-state index is 0.00968. The molecule has 1 atom stereocenters. The number of rotatable bonds is 7. The standard InChI is InChI=1S/C13H27N3O/c1-2-3-7-12(14)13(17)15-8-11-16-9-5-4-6-10-16/h12H,2-11,14H2,1H3,(H,15,17). The number of hydrogen-bond donors (Lipinski definition) is 2. The van der Waals surface area contributed by atoms with Crippen molar-refractivity contribution in [2.45, 2.75) is 51.5 Å². The van der Waals surface area contributed by atoms with E-state index in [-0.39, 0.29) is 11.9 Å². The normalized spacial score (nSPS) is 18.9. The van der Waals surface area contributed by atoms with Gasteiger partial charge in [0.1, 0.15) is 0 Å². The number of piperidine rings is 1. The monoisotopic (exact) mass is 241 g/mol. The van der Waals surface area contributed by atoms with Gasteiger partial charge in [-0.1, -0.05) is 26.2 Å². The molecule has 3 N–H and O–H groups in total. The van der Waals surface area contributed by atoms with E-state index in [4.69, 9.17) is 5.73 Å². The van der Waals surface area contributed by atoms with Gasteiger partial charge in [-0.2, -0.15) is 0 Å². The van der Waals surface area contributed by atoms with Gasteiger partial charge in [-0.3, -0.25) is 4.79 Å². The molecule has 0 aromatic carbocycles. The summed E-state index contributed by atoms with van der Waals surface area (Å²) in [4.78, 5) is 14.1. The van der Waals surface area contributed by atoms with Gasteiger partial charge in [0.15, 0.2) is 0 Å². The van der Waals surface area contributed by atoms with Crippen LogP contribution < -0.4 is 11.1 Å². The number of carbonyl (C=O) groups is 1. The van der Waals surface area contributed by atoms with Crippen LogP contribution in [0.5, 0.6) is 0 Å². The molecule has 17 heavy (non-hydrogen) atoms. The van der Waals surface area contributed by atoms with E-state index < -0.39 is 0 Å². The van der Waals surface area contributed by atoms with Crippen molar-refractivity contribution >= 4 is 5.91 Å². The molecule has 1 amide bonds. The summed E-state index contributed by atoms with van der Waals surface area (Å²) in [6, 6.07) is -0.323. The highest BCUT2D eigenvalue weighted by Crippen LogP contribution is 2.07. The predicted molar refractivity (Wildman–Crippen MR) is 70.8 cm³/mol. The van der Waals surface area contributed by atoms with E-state index in [9.17, 15) is 4.79 Å². The van der Waals surface area contributed by atoms with Crippen LogP contribution in [-0.2, 0) is 4.79 Å². The fourth-order valence-electron chi connectivity index (χ4n) is 2.21. The minimum Gasteiger partial charge on any atom is -0.353 e. The number of nitrogens with one attached hydrogen (secondary N) is 1. The van der Waals surface area contributed by atoms with Crippen LogP contribution in [-0.4, -0.2) is 43.0 Å². The van der Waals surface area contributed by atoms with E-state index in [0.717, 1.165) is 32.4 Å². The Bertz CT molecular complexity index is 215. The summed E-state index contributed by atoms with van der Waals surface area (Å²) < 4.78 is 0. The van der Waals surface area contributed by atoms with Gasteiger partial charge in [0.2, 0.25) is 5.91 Å². The number of likely N-dealkylation sites (tertiary alicyclic amines) is 1. The molecule has 1 aliphatic rings. The van der Waals surface area contributed by atoms with Gasteiger partial charge in [0, 0.05) is 13.1 Å². The average Bonchev–Trinajstić information content (AvgIpc) is 2.37.